The number of carboxylic acid groups (broad SMARTS) is 1. The molecule has 5 amide bonds. The molecule has 3 aromatic rings. The van der Waals surface area contributed by atoms with Crippen molar-refractivity contribution < 1.29 is 49.2 Å². The van der Waals surface area contributed by atoms with Crippen molar-refractivity contribution in [3.63, 3.8) is 0 Å². The minimum Gasteiger partial charge on any atom is -0.508 e. The second-order valence-electron chi connectivity index (χ2n) is 12.5. The van der Waals surface area contributed by atoms with Crippen LogP contribution in [0.15, 0.2) is 96.3 Å². The fourth-order valence-corrected chi connectivity index (χ4v) is 5.29. The van der Waals surface area contributed by atoms with Crippen LogP contribution in [0.3, 0.4) is 0 Å². The van der Waals surface area contributed by atoms with E-state index in [-0.39, 0.29) is 57.6 Å². The lowest BCUT2D eigenvalue weighted by atomic mass is 9.99. The van der Waals surface area contributed by atoms with E-state index in [1.165, 1.54) is 98.8 Å². The van der Waals surface area contributed by atoms with Gasteiger partial charge >= 0.3 is 5.97 Å². The molecule has 3 unspecified atom stereocenters. The van der Waals surface area contributed by atoms with Crippen LogP contribution in [0.2, 0.25) is 0 Å². The minimum absolute atomic E-state index is 0.0280. The number of rotatable bonds is 19. The highest BCUT2D eigenvalue weighted by Crippen LogP contribution is 2.24. The molecule has 55 heavy (non-hydrogen) atoms. The number of carbonyl (C=O) groups excluding carboxylic acids is 5. The average Bonchev–Trinajstić information content (AvgIpc) is 3.17. The summed E-state index contributed by atoms with van der Waals surface area (Å²) in [5.41, 5.74) is 0.0234. The van der Waals surface area contributed by atoms with E-state index in [2.05, 4.69) is 33.5 Å². The summed E-state index contributed by atoms with van der Waals surface area (Å²) in [5, 5.41) is 52.8. The van der Waals surface area contributed by atoms with E-state index < -0.39 is 47.8 Å². The van der Waals surface area contributed by atoms with Crippen LogP contribution >= 0.6 is 0 Å². The van der Waals surface area contributed by atoms with Crippen LogP contribution in [0.4, 0.5) is 5.69 Å². The van der Waals surface area contributed by atoms with Gasteiger partial charge in [-0.1, -0.05) is 69.0 Å². The maximum Gasteiger partial charge on any atom is 0.335 e. The number of hydrogen-bond acceptors (Lipinski definition) is 9. The molecular weight excluding hydrogens is 710 g/mol. The summed E-state index contributed by atoms with van der Waals surface area (Å²) >= 11 is 0. The van der Waals surface area contributed by atoms with E-state index in [0.717, 1.165) is 25.7 Å². The fourth-order valence-electron chi connectivity index (χ4n) is 5.29. The van der Waals surface area contributed by atoms with Crippen molar-refractivity contribution in [2.24, 2.45) is 0 Å². The van der Waals surface area contributed by atoms with E-state index >= 15 is 0 Å². The van der Waals surface area contributed by atoms with Crippen molar-refractivity contribution in [1.82, 2.24) is 21.3 Å². The largest absolute Gasteiger partial charge is 0.508 e. The van der Waals surface area contributed by atoms with Gasteiger partial charge in [0.25, 0.3) is 17.7 Å². The SMILES string of the molecule is CC=C(NC(=O)CCCCCCC)C(=O)NC(=CC)C(=O)NC(C(=O)NC(C(=O)Nc1ccc(C(=O)O)cc1)c1ccc(O)cc1)C(O)c1ccc(O)cc1. The molecule has 9 N–H and O–H groups in total. The van der Waals surface area contributed by atoms with Gasteiger partial charge in [0.15, 0.2) is 0 Å². The summed E-state index contributed by atoms with van der Waals surface area (Å²) in [7, 11) is 0. The zero-order valence-electron chi connectivity index (χ0n) is 30.8. The Labute approximate surface area is 318 Å². The molecule has 0 spiro atoms. The number of unbranched alkanes of at least 4 members (excludes halogenated alkanes) is 4. The average molecular weight is 758 g/mol. The summed E-state index contributed by atoms with van der Waals surface area (Å²) in [6.07, 6.45) is 5.71. The number of carbonyl (C=O) groups is 6. The lowest BCUT2D eigenvalue weighted by molar-refractivity contribution is -0.133. The monoisotopic (exact) mass is 757 g/mol. The lowest BCUT2D eigenvalue weighted by Gasteiger charge is -2.27. The minimum atomic E-state index is -1.81. The molecule has 292 valence electrons. The number of allylic oxidation sites excluding steroid dienone is 2. The number of hydrogen-bond donors (Lipinski definition) is 9. The van der Waals surface area contributed by atoms with Gasteiger partial charge in [-0.2, -0.15) is 0 Å². The number of aromatic hydroxyl groups is 2. The van der Waals surface area contributed by atoms with E-state index in [1.54, 1.807) is 0 Å². The number of anilines is 1. The summed E-state index contributed by atoms with van der Waals surface area (Å²) in [4.78, 5) is 78.3. The molecule has 0 radical (unpaired) electrons. The maximum atomic E-state index is 14.0. The highest BCUT2D eigenvalue weighted by Gasteiger charge is 2.34. The van der Waals surface area contributed by atoms with E-state index in [9.17, 15) is 49.2 Å². The zero-order chi connectivity index (χ0) is 40.5. The van der Waals surface area contributed by atoms with Crippen LogP contribution in [0.25, 0.3) is 0 Å². The molecule has 0 saturated carbocycles. The van der Waals surface area contributed by atoms with E-state index in [4.69, 9.17) is 0 Å². The topological polar surface area (TPSA) is 243 Å². The summed E-state index contributed by atoms with van der Waals surface area (Å²) in [5.74, 6) is -5.48. The molecule has 0 bridgehead atoms. The van der Waals surface area contributed by atoms with Crippen molar-refractivity contribution in [2.75, 3.05) is 5.32 Å². The van der Waals surface area contributed by atoms with Gasteiger partial charge in [-0.3, -0.25) is 24.0 Å². The predicted octanol–water partition coefficient (Wildman–Crippen LogP) is 4.21. The predicted molar refractivity (Wildman–Crippen MR) is 203 cm³/mol. The molecule has 0 aromatic heterocycles. The van der Waals surface area contributed by atoms with Crippen LogP contribution in [0.1, 0.15) is 92.9 Å². The number of aromatic carboxylic acids is 1. The van der Waals surface area contributed by atoms with Crippen molar-refractivity contribution in [3.8, 4) is 11.5 Å². The van der Waals surface area contributed by atoms with Crippen LogP contribution < -0.4 is 26.6 Å². The van der Waals surface area contributed by atoms with Crippen molar-refractivity contribution in [2.45, 2.75) is 77.5 Å². The number of nitrogens with one attached hydrogen (secondary N) is 5. The molecule has 0 aliphatic heterocycles. The number of phenols is 2. The Morgan fingerprint density at radius 2 is 1.20 bits per heavy atom. The first kappa shape index (κ1) is 42.9. The quantitative estimate of drug-likeness (QED) is 0.0623. The zero-order valence-corrected chi connectivity index (χ0v) is 30.8. The molecule has 0 fully saturated rings. The molecule has 3 rings (SSSR count). The molecular formula is C40H47N5O10. The number of benzene rings is 3. The van der Waals surface area contributed by atoms with Crippen molar-refractivity contribution in [3.05, 3.63) is 113 Å². The summed E-state index contributed by atoms with van der Waals surface area (Å²) in [6.45, 7) is 5.06. The lowest BCUT2D eigenvalue weighted by Crippen LogP contribution is -2.53. The third-order valence-corrected chi connectivity index (χ3v) is 8.39. The van der Waals surface area contributed by atoms with Gasteiger partial charge < -0.3 is 47.0 Å². The second-order valence-corrected chi connectivity index (χ2v) is 12.5. The summed E-state index contributed by atoms with van der Waals surface area (Å²) in [6, 6.07) is 12.4. The Hall–Kier alpha value is -6.48. The third kappa shape index (κ3) is 13.2. The van der Waals surface area contributed by atoms with Crippen molar-refractivity contribution in [1.29, 1.82) is 0 Å². The van der Waals surface area contributed by atoms with E-state index in [1.807, 2.05) is 0 Å². The van der Waals surface area contributed by atoms with Crippen molar-refractivity contribution >= 4 is 41.2 Å². The molecule has 0 heterocycles. The first-order chi connectivity index (χ1) is 26.3. The highest BCUT2D eigenvalue weighted by molar-refractivity contribution is 6.05. The molecule has 15 nitrogen and oxygen atoms in total. The van der Waals surface area contributed by atoms with Gasteiger partial charge in [0.05, 0.1) is 5.56 Å². The Bertz CT molecular complexity index is 1870. The number of carboxylic acids is 1. The van der Waals surface area contributed by atoms with Gasteiger partial charge in [-0.25, -0.2) is 4.79 Å². The first-order valence-corrected chi connectivity index (χ1v) is 17.7. The third-order valence-electron chi connectivity index (χ3n) is 8.39. The van der Waals surface area contributed by atoms with Gasteiger partial charge in [0.1, 0.15) is 41.1 Å². The van der Waals surface area contributed by atoms with Gasteiger partial charge in [-0.15, -0.1) is 0 Å². The first-order valence-electron chi connectivity index (χ1n) is 17.7. The Kier molecular flexibility index (Phi) is 16.6. The maximum absolute atomic E-state index is 14.0. The Balaban J connectivity index is 1.86. The molecule has 3 aromatic carbocycles. The Morgan fingerprint density at radius 3 is 1.75 bits per heavy atom. The van der Waals surface area contributed by atoms with Crippen LogP contribution in [-0.2, 0) is 24.0 Å². The highest BCUT2D eigenvalue weighted by atomic mass is 16.4. The fraction of sp³-hybridized carbons (Fsp3) is 0.300. The molecule has 0 aliphatic rings. The van der Waals surface area contributed by atoms with Crippen LogP contribution in [0.5, 0.6) is 11.5 Å². The molecule has 3 atom stereocenters. The van der Waals surface area contributed by atoms with Crippen LogP contribution in [0, 0.1) is 0 Å². The number of amides is 5. The number of phenolic OH excluding ortho intramolecular Hbond substituents is 2. The van der Waals surface area contributed by atoms with Gasteiger partial charge in [0.2, 0.25) is 11.8 Å². The number of aliphatic hydroxyl groups excluding tert-OH is 1. The molecule has 15 heteroatoms. The van der Waals surface area contributed by atoms with Gasteiger partial charge in [0, 0.05) is 12.1 Å². The second kappa shape index (κ2) is 21.3. The Morgan fingerprint density at radius 1 is 0.655 bits per heavy atom. The van der Waals surface area contributed by atoms with Crippen LogP contribution in [-0.4, -0.2) is 62.0 Å². The smallest absolute Gasteiger partial charge is 0.335 e. The summed E-state index contributed by atoms with van der Waals surface area (Å²) < 4.78 is 0. The number of aliphatic hydroxyl groups is 1. The standard InChI is InChI=1S/C40H47N5O10/c1-4-7-8-9-10-11-32(48)42-30(5-2)36(50)43-31(6-3)37(51)45-34(35(49)25-16-22-29(47)23-17-25)39(53)44-33(24-14-20-28(46)21-15-24)38(52)41-27-18-12-26(13-19-27)40(54)55/h5-6,12-23,33-35,46-47,49H,4,7-11H2,1-3H3,(H,41,52)(H,42,48)(H,43,50)(H,44,53)(H,45,51)(H,54,55). The van der Waals surface area contributed by atoms with E-state index in [0.29, 0.717) is 6.42 Å². The molecule has 0 saturated heterocycles. The molecule has 0 aliphatic carbocycles. The normalized spacial score (nSPS) is 13.1. The van der Waals surface area contributed by atoms with Gasteiger partial charge in [-0.05, 0) is 79.9 Å².